The number of anilines is 1. The van der Waals surface area contributed by atoms with E-state index in [0.717, 1.165) is 25.2 Å². The largest absolute Gasteiger partial charge is 0.378 e. The molecule has 0 aliphatic carbocycles. The molecule has 1 atom stereocenters. The van der Waals surface area contributed by atoms with E-state index in [2.05, 4.69) is 39.8 Å². The summed E-state index contributed by atoms with van der Waals surface area (Å²) in [6.45, 7) is 5.19. The lowest BCUT2D eigenvalue weighted by atomic mass is 10.0. The molecule has 2 rings (SSSR count). The number of nitrogens with one attached hydrogen (secondary N) is 3. The van der Waals surface area contributed by atoms with E-state index in [4.69, 9.17) is 0 Å². The summed E-state index contributed by atoms with van der Waals surface area (Å²) in [5.41, 5.74) is 2.36. The SMILES string of the molecule is CCCNC(=O)C(=O)NC[C@H](c1ccc(N(C)C)cc1)[NH+]1CCCC1. The van der Waals surface area contributed by atoms with E-state index < -0.39 is 11.8 Å². The topological polar surface area (TPSA) is 65.9 Å². The van der Waals surface area contributed by atoms with Gasteiger partial charge < -0.3 is 20.4 Å². The third kappa shape index (κ3) is 5.46. The van der Waals surface area contributed by atoms with Crippen LogP contribution < -0.4 is 20.4 Å². The molecule has 0 bridgehead atoms. The van der Waals surface area contributed by atoms with E-state index in [0.29, 0.717) is 13.1 Å². The molecule has 1 saturated heterocycles. The van der Waals surface area contributed by atoms with E-state index in [-0.39, 0.29) is 6.04 Å². The van der Waals surface area contributed by atoms with Gasteiger partial charge in [-0.15, -0.1) is 0 Å². The van der Waals surface area contributed by atoms with Gasteiger partial charge >= 0.3 is 11.8 Å². The first-order valence-electron chi connectivity index (χ1n) is 9.20. The highest BCUT2D eigenvalue weighted by Gasteiger charge is 2.28. The number of rotatable bonds is 7. The number of nitrogens with zero attached hydrogens (tertiary/aromatic N) is 1. The highest BCUT2D eigenvalue weighted by molar-refractivity contribution is 6.35. The smallest absolute Gasteiger partial charge is 0.309 e. The minimum absolute atomic E-state index is 0.182. The van der Waals surface area contributed by atoms with Gasteiger partial charge in [-0.3, -0.25) is 9.59 Å². The zero-order valence-electron chi connectivity index (χ0n) is 15.6. The summed E-state index contributed by atoms with van der Waals surface area (Å²) in [6.07, 6.45) is 3.25. The first kappa shape index (κ1) is 19.2. The lowest BCUT2D eigenvalue weighted by molar-refractivity contribution is -0.918. The highest BCUT2D eigenvalue weighted by Crippen LogP contribution is 2.17. The standard InChI is InChI=1S/C19H30N4O2/c1-4-11-20-18(24)19(25)21-14-17(23-12-5-6-13-23)15-7-9-16(10-8-15)22(2)3/h7-10,17H,4-6,11-14H2,1-3H3,(H,20,24)(H,21,25)/p+1/t17-/m1/s1. The summed E-state index contributed by atoms with van der Waals surface area (Å²) in [4.78, 5) is 27.3. The lowest BCUT2D eigenvalue weighted by Gasteiger charge is -2.25. The van der Waals surface area contributed by atoms with Crippen molar-refractivity contribution in [1.29, 1.82) is 0 Å². The summed E-state index contributed by atoms with van der Waals surface area (Å²) < 4.78 is 0. The Bertz CT molecular complexity index is 565. The molecule has 0 unspecified atom stereocenters. The third-order valence-corrected chi connectivity index (χ3v) is 4.76. The van der Waals surface area contributed by atoms with Crippen LogP contribution in [0.15, 0.2) is 24.3 Å². The molecular formula is C19H31N4O2+. The van der Waals surface area contributed by atoms with Gasteiger partial charge in [0, 0.05) is 44.7 Å². The second-order valence-corrected chi connectivity index (χ2v) is 6.87. The van der Waals surface area contributed by atoms with Gasteiger partial charge in [-0.2, -0.15) is 0 Å². The first-order valence-corrected chi connectivity index (χ1v) is 9.20. The third-order valence-electron chi connectivity index (χ3n) is 4.76. The van der Waals surface area contributed by atoms with Crippen LogP contribution in [0, 0.1) is 0 Å². The van der Waals surface area contributed by atoms with Gasteiger partial charge in [0.1, 0.15) is 6.04 Å². The molecule has 2 amide bonds. The Kier molecular flexibility index (Phi) is 7.25. The molecule has 1 aromatic carbocycles. The van der Waals surface area contributed by atoms with Crippen LogP contribution in [0.2, 0.25) is 0 Å². The molecule has 3 N–H and O–H groups in total. The van der Waals surface area contributed by atoms with Crippen molar-refractivity contribution in [3.05, 3.63) is 29.8 Å². The number of benzene rings is 1. The van der Waals surface area contributed by atoms with Crippen LogP contribution in [0.3, 0.4) is 0 Å². The number of hydrogen-bond acceptors (Lipinski definition) is 3. The maximum atomic E-state index is 12.0. The number of likely N-dealkylation sites (tertiary alicyclic amines) is 1. The van der Waals surface area contributed by atoms with E-state index in [1.165, 1.54) is 23.3 Å². The van der Waals surface area contributed by atoms with Gasteiger partial charge in [0.2, 0.25) is 0 Å². The fourth-order valence-electron chi connectivity index (χ4n) is 3.27. The van der Waals surface area contributed by atoms with Gasteiger partial charge in [0.25, 0.3) is 0 Å². The molecule has 6 heteroatoms. The Morgan fingerprint density at radius 3 is 2.24 bits per heavy atom. The molecule has 1 fully saturated rings. The number of quaternary nitrogens is 1. The first-order chi connectivity index (χ1) is 12.0. The molecule has 0 saturated carbocycles. The molecule has 138 valence electrons. The van der Waals surface area contributed by atoms with Gasteiger partial charge in [0.15, 0.2) is 0 Å². The number of hydrogen-bond donors (Lipinski definition) is 3. The molecule has 1 heterocycles. The van der Waals surface area contributed by atoms with Crippen molar-refractivity contribution >= 4 is 17.5 Å². The predicted molar refractivity (Wildman–Crippen MR) is 99.8 cm³/mol. The minimum Gasteiger partial charge on any atom is -0.378 e. The maximum absolute atomic E-state index is 12.0. The van der Waals surface area contributed by atoms with Crippen LogP contribution in [0.1, 0.15) is 37.8 Å². The lowest BCUT2D eigenvalue weighted by Crippen LogP contribution is -3.11. The van der Waals surface area contributed by atoms with Crippen molar-refractivity contribution in [1.82, 2.24) is 10.6 Å². The number of carbonyl (C=O) groups is 2. The van der Waals surface area contributed by atoms with Crippen LogP contribution >= 0.6 is 0 Å². The molecule has 25 heavy (non-hydrogen) atoms. The monoisotopic (exact) mass is 347 g/mol. The molecule has 1 aliphatic rings. The second kappa shape index (κ2) is 9.42. The maximum Gasteiger partial charge on any atom is 0.309 e. The zero-order chi connectivity index (χ0) is 18.2. The van der Waals surface area contributed by atoms with Crippen molar-refractivity contribution < 1.29 is 14.5 Å². The van der Waals surface area contributed by atoms with Crippen molar-refractivity contribution in [2.45, 2.75) is 32.2 Å². The molecule has 0 spiro atoms. The summed E-state index contributed by atoms with van der Waals surface area (Å²) in [5, 5.41) is 5.44. The number of carbonyl (C=O) groups excluding carboxylic acids is 2. The van der Waals surface area contributed by atoms with Crippen LogP contribution in [0.4, 0.5) is 5.69 Å². The number of amides is 2. The van der Waals surface area contributed by atoms with Gasteiger partial charge in [-0.05, 0) is 18.6 Å². The van der Waals surface area contributed by atoms with E-state index >= 15 is 0 Å². The van der Waals surface area contributed by atoms with E-state index in [1.54, 1.807) is 0 Å². The second-order valence-electron chi connectivity index (χ2n) is 6.87. The molecule has 1 aliphatic heterocycles. The van der Waals surface area contributed by atoms with Crippen LogP contribution in [0.25, 0.3) is 0 Å². The highest BCUT2D eigenvalue weighted by atomic mass is 16.2. The van der Waals surface area contributed by atoms with Gasteiger partial charge in [-0.25, -0.2) is 0 Å². The van der Waals surface area contributed by atoms with Crippen LogP contribution in [-0.2, 0) is 9.59 Å². The van der Waals surface area contributed by atoms with Crippen molar-refractivity contribution in [2.75, 3.05) is 45.2 Å². The summed E-state index contributed by atoms with van der Waals surface area (Å²) in [6, 6.07) is 8.66. The molecule has 0 radical (unpaired) electrons. The van der Waals surface area contributed by atoms with Crippen LogP contribution in [0.5, 0.6) is 0 Å². The molecule has 0 aromatic heterocycles. The molecule has 6 nitrogen and oxygen atoms in total. The Morgan fingerprint density at radius 1 is 1.08 bits per heavy atom. The van der Waals surface area contributed by atoms with Gasteiger partial charge in [-0.1, -0.05) is 19.1 Å². The molecule has 1 aromatic rings. The van der Waals surface area contributed by atoms with E-state index in [1.807, 2.05) is 21.0 Å². The summed E-state index contributed by atoms with van der Waals surface area (Å²) in [7, 11) is 4.04. The normalized spacial score (nSPS) is 15.6. The average Bonchev–Trinajstić information content (AvgIpc) is 3.14. The quantitative estimate of drug-likeness (QED) is 0.614. The Labute approximate surface area is 150 Å². The van der Waals surface area contributed by atoms with E-state index in [9.17, 15) is 9.59 Å². The predicted octanol–water partition coefficient (Wildman–Crippen LogP) is 0.115. The van der Waals surface area contributed by atoms with Gasteiger partial charge in [0.05, 0.1) is 19.6 Å². The van der Waals surface area contributed by atoms with Crippen molar-refractivity contribution in [3.63, 3.8) is 0 Å². The zero-order valence-corrected chi connectivity index (χ0v) is 15.6. The minimum atomic E-state index is -0.542. The van der Waals surface area contributed by atoms with Crippen molar-refractivity contribution in [3.8, 4) is 0 Å². The Morgan fingerprint density at radius 2 is 1.68 bits per heavy atom. The summed E-state index contributed by atoms with van der Waals surface area (Å²) in [5.74, 6) is -1.08. The summed E-state index contributed by atoms with van der Waals surface area (Å²) >= 11 is 0. The molecular weight excluding hydrogens is 316 g/mol. The fourth-order valence-corrected chi connectivity index (χ4v) is 3.27. The average molecular weight is 347 g/mol. The van der Waals surface area contributed by atoms with Crippen LogP contribution in [-0.4, -0.2) is 52.1 Å². The van der Waals surface area contributed by atoms with Crippen molar-refractivity contribution in [2.24, 2.45) is 0 Å². The Balaban J connectivity index is 2.03. The fraction of sp³-hybridized carbons (Fsp3) is 0.579. The Hall–Kier alpha value is -2.08.